The normalized spacial score (nSPS) is 14.6. The maximum atomic E-state index is 12.2. The molecule has 1 N–H and O–H groups in total. The predicted octanol–water partition coefficient (Wildman–Crippen LogP) is 2.85. The molecule has 19 heavy (non-hydrogen) atoms. The molecule has 0 spiro atoms. The number of amides is 1. The zero-order chi connectivity index (χ0) is 13.6. The second-order valence-electron chi connectivity index (χ2n) is 4.84. The summed E-state index contributed by atoms with van der Waals surface area (Å²) in [6.07, 6.45) is 3.65. The SMILES string of the molecule is CC(=O)n1cc(C(=O)NC2CC2)c2ccc(Cl)cc21. The van der Waals surface area contributed by atoms with Gasteiger partial charge in [-0.1, -0.05) is 17.7 Å². The van der Waals surface area contributed by atoms with E-state index in [9.17, 15) is 9.59 Å². The van der Waals surface area contributed by atoms with E-state index < -0.39 is 0 Å². The van der Waals surface area contributed by atoms with Gasteiger partial charge in [0.1, 0.15) is 0 Å². The summed E-state index contributed by atoms with van der Waals surface area (Å²) in [4.78, 5) is 23.8. The lowest BCUT2D eigenvalue weighted by atomic mass is 10.1. The molecule has 2 aromatic rings. The third-order valence-electron chi connectivity index (χ3n) is 3.26. The van der Waals surface area contributed by atoms with Gasteiger partial charge >= 0.3 is 0 Å². The Balaban J connectivity index is 2.13. The Kier molecular flexibility index (Phi) is 2.82. The maximum Gasteiger partial charge on any atom is 0.253 e. The highest BCUT2D eigenvalue weighted by Gasteiger charge is 2.25. The number of nitrogens with zero attached hydrogens (tertiary/aromatic N) is 1. The minimum Gasteiger partial charge on any atom is -0.349 e. The molecule has 1 aromatic heterocycles. The molecule has 98 valence electrons. The van der Waals surface area contributed by atoms with Gasteiger partial charge in [-0.05, 0) is 25.0 Å². The number of hydrogen-bond acceptors (Lipinski definition) is 2. The molecule has 1 amide bonds. The highest BCUT2D eigenvalue weighted by molar-refractivity contribution is 6.31. The van der Waals surface area contributed by atoms with Crippen LogP contribution in [0.25, 0.3) is 10.9 Å². The van der Waals surface area contributed by atoms with E-state index >= 15 is 0 Å². The second kappa shape index (κ2) is 4.38. The molecule has 1 heterocycles. The van der Waals surface area contributed by atoms with Gasteiger partial charge in [0.05, 0.1) is 11.1 Å². The molecule has 4 nitrogen and oxygen atoms in total. The summed E-state index contributed by atoms with van der Waals surface area (Å²) in [5, 5.41) is 4.22. The van der Waals surface area contributed by atoms with E-state index in [0.29, 0.717) is 16.1 Å². The molecule has 1 aliphatic rings. The van der Waals surface area contributed by atoms with Gasteiger partial charge in [-0.3, -0.25) is 14.2 Å². The number of aromatic nitrogens is 1. The van der Waals surface area contributed by atoms with Crippen molar-refractivity contribution in [1.29, 1.82) is 0 Å². The Bertz CT molecular complexity index is 686. The number of carbonyl (C=O) groups excluding carboxylic acids is 2. The van der Waals surface area contributed by atoms with E-state index in [2.05, 4.69) is 5.32 Å². The summed E-state index contributed by atoms with van der Waals surface area (Å²) in [5.41, 5.74) is 1.19. The largest absolute Gasteiger partial charge is 0.349 e. The fraction of sp³-hybridized carbons (Fsp3) is 0.286. The Morgan fingerprint density at radius 2 is 2.11 bits per heavy atom. The topological polar surface area (TPSA) is 51.1 Å². The van der Waals surface area contributed by atoms with Crippen LogP contribution in [0.5, 0.6) is 0 Å². The highest BCUT2D eigenvalue weighted by Crippen LogP contribution is 2.26. The first-order valence-corrected chi connectivity index (χ1v) is 6.56. The first-order valence-electron chi connectivity index (χ1n) is 6.18. The molecule has 0 aliphatic heterocycles. The van der Waals surface area contributed by atoms with Gasteiger partial charge in [0, 0.05) is 29.6 Å². The number of carbonyl (C=O) groups is 2. The minimum atomic E-state index is -0.141. The molecule has 0 saturated heterocycles. The monoisotopic (exact) mass is 276 g/mol. The number of hydrogen-bond donors (Lipinski definition) is 1. The van der Waals surface area contributed by atoms with Gasteiger partial charge in [-0.2, -0.15) is 0 Å². The lowest BCUT2D eigenvalue weighted by Gasteiger charge is -2.01. The Morgan fingerprint density at radius 1 is 1.37 bits per heavy atom. The van der Waals surface area contributed by atoms with E-state index in [4.69, 9.17) is 11.6 Å². The molecule has 1 aliphatic carbocycles. The van der Waals surface area contributed by atoms with Crippen LogP contribution < -0.4 is 5.32 Å². The van der Waals surface area contributed by atoms with Crippen molar-refractivity contribution in [2.75, 3.05) is 0 Å². The third kappa shape index (κ3) is 2.24. The van der Waals surface area contributed by atoms with Crippen molar-refractivity contribution >= 4 is 34.3 Å². The molecule has 5 heteroatoms. The van der Waals surface area contributed by atoms with Crippen LogP contribution in [0.2, 0.25) is 5.02 Å². The summed E-state index contributed by atoms with van der Waals surface area (Å²) >= 11 is 5.95. The smallest absolute Gasteiger partial charge is 0.253 e. The van der Waals surface area contributed by atoms with Gasteiger partial charge in [0.2, 0.25) is 5.91 Å². The average Bonchev–Trinajstić information content (AvgIpc) is 3.07. The average molecular weight is 277 g/mol. The first kappa shape index (κ1) is 12.2. The number of nitrogens with one attached hydrogen (secondary N) is 1. The first-order chi connectivity index (χ1) is 9.06. The second-order valence-corrected chi connectivity index (χ2v) is 5.28. The Hall–Kier alpha value is -1.81. The van der Waals surface area contributed by atoms with Gasteiger partial charge < -0.3 is 5.32 Å². The van der Waals surface area contributed by atoms with Crippen molar-refractivity contribution in [1.82, 2.24) is 9.88 Å². The van der Waals surface area contributed by atoms with Gasteiger partial charge in [0.15, 0.2) is 0 Å². The van der Waals surface area contributed by atoms with E-state index in [1.54, 1.807) is 24.4 Å². The fourth-order valence-electron chi connectivity index (χ4n) is 2.13. The molecular formula is C14H13ClN2O2. The van der Waals surface area contributed by atoms with Crippen LogP contribution in [0.1, 0.15) is 34.9 Å². The fourth-order valence-corrected chi connectivity index (χ4v) is 2.30. The summed E-state index contributed by atoms with van der Waals surface area (Å²) in [6.45, 7) is 1.46. The predicted molar refractivity (Wildman–Crippen MR) is 73.7 cm³/mol. The Morgan fingerprint density at radius 3 is 2.74 bits per heavy atom. The van der Waals surface area contributed by atoms with Crippen LogP contribution in [0, 0.1) is 0 Å². The maximum absolute atomic E-state index is 12.2. The number of rotatable bonds is 2. The van der Waals surface area contributed by atoms with Crippen molar-refractivity contribution in [3.05, 3.63) is 35.0 Å². The molecule has 0 bridgehead atoms. The van der Waals surface area contributed by atoms with E-state index in [0.717, 1.165) is 18.2 Å². The lowest BCUT2D eigenvalue weighted by Crippen LogP contribution is -2.25. The van der Waals surface area contributed by atoms with Gasteiger partial charge in [0.25, 0.3) is 5.91 Å². The van der Waals surface area contributed by atoms with Crippen LogP contribution in [0.3, 0.4) is 0 Å². The summed E-state index contributed by atoms with van der Waals surface area (Å²) in [7, 11) is 0. The summed E-state index contributed by atoms with van der Waals surface area (Å²) in [6, 6.07) is 5.49. The Labute approximate surface area is 115 Å². The van der Waals surface area contributed by atoms with Crippen molar-refractivity contribution in [3.63, 3.8) is 0 Å². The molecule has 1 saturated carbocycles. The van der Waals surface area contributed by atoms with E-state index in [-0.39, 0.29) is 17.9 Å². The lowest BCUT2D eigenvalue weighted by molar-refractivity contribution is 0.0941. The molecule has 3 rings (SSSR count). The quantitative estimate of drug-likeness (QED) is 0.917. The molecule has 0 unspecified atom stereocenters. The number of benzene rings is 1. The minimum absolute atomic E-state index is 0.130. The molecule has 1 aromatic carbocycles. The summed E-state index contributed by atoms with van der Waals surface area (Å²) < 4.78 is 1.46. The van der Waals surface area contributed by atoms with E-state index in [1.807, 2.05) is 0 Å². The van der Waals surface area contributed by atoms with Crippen molar-refractivity contribution in [2.45, 2.75) is 25.8 Å². The van der Waals surface area contributed by atoms with Crippen LogP contribution in [-0.4, -0.2) is 22.4 Å². The number of halogens is 1. The molecular weight excluding hydrogens is 264 g/mol. The number of fused-ring (bicyclic) bond motifs is 1. The van der Waals surface area contributed by atoms with Gasteiger partial charge in [-0.15, -0.1) is 0 Å². The molecule has 1 fully saturated rings. The molecule has 0 atom stereocenters. The highest BCUT2D eigenvalue weighted by atomic mass is 35.5. The van der Waals surface area contributed by atoms with E-state index in [1.165, 1.54) is 11.5 Å². The zero-order valence-corrected chi connectivity index (χ0v) is 11.2. The van der Waals surface area contributed by atoms with Crippen molar-refractivity contribution in [2.24, 2.45) is 0 Å². The van der Waals surface area contributed by atoms with Crippen molar-refractivity contribution < 1.29 is 9.59 Å². The van der Waals surface area contributed by atoms with Crippen molar-refractivity contribution in [3.8, 4) is 0 Å². The zero-order valence-electron chi connectivity index (χ0n) is 10.4. The van der Waals surface area contributed by atoms with Gasteiger partial charge in [-0.25, -0.2) is 0 Å². The summed E-state index contributed by atoms with van der Waals surface area (Å²) in [5.74, 6) is -0.271. The standard InChI is InChI=1S/C14H13ClN2O2/c1-8(18)17-7-12(14(19)16-10-3-4-10)11-5-2-9(15)6-13(11)17/h2,5-7,10H,3-4H2,1H3,(H,16,19). The van der Waals surface area contributed by atoms with Crippen LogP contribution >= 0.6 is 11.6 Å². The van der Waals surface area contributed by atoms with Crippen LogP contribution in [0.15, 0.2) is 24.4 Å². The van der Waals surface area contributed by atoms with Crippen LogP contribution in [-0.2, 0) is 0 Å². The third-order valence-corrected chi connectivity index (χ3v) is 3.50. The molecule has 0 radical (unpaired) electrons. The van der Waals surface area contributed by atoms with Crippen LogP contribution in [0.4, 0.5) is 0 Å².